The molecule has 3 aliphatic heterocycles. The molecule has 3 aliphatic rings. The maximum Gasteiger partial charge on any atom is 0.586 e. The molecule has 0 aliphatic carbocycles. The summed E-state index contributed by atoms with van der Waals surface area (Å²) < 4.78 is 48.4. The van der Waals surface area contributed by atoms with Gasteiger partial charge in [0.1, 0.15) is 0 Å². The number of aromatic nitrogens is 3. The molecule has 4 heterocycles. The molecule has 0 saturated carbocycles. The first kappa shape index (κ1) is 22.2. The number of amides is 1. The fraction of sp³-hybridized carbons (Fsp3) is 0.550. The summed E-state index contributed by atoms with van der Waals surface area (Å²) in [5.74, 6) is 0.290. The van der Waals surface area contributed by atoms with Gasteiger partial charge in [-0.25, -0.2) is 0 Å². The molecule has 10 nitrogen and oxygen atoms in total. The highest BCUT2D eigenvalue weighted by Crippen LogP contribution is 2.42. The van der Waals surface area contributed by atoms with Gasteiger partial charge in [-0.05, 0) is 25.0 Å². The molecule has 0 spiro atoms. The Bertz CT molecular complexity index is 1010. The van der Waals surface area contributed by atoms with Crippen molar-refractivity contribution in [2.75, 3.05) is 48.9 Å². The largest absolute Gasteiger partial charge is 0.586 e. The van der Waals surface area contributed by atoms with Crippen molar-refractivity contribution >= 4 is 29.3 Å². The lowest BCUT2D eigenvalue weighted by Gasteiger charge is -2.28. The number of rotatable bonds is 7. The van der Waals surface area contributed by atoms with E-state index in [2.05, 4.69) is 29.9 Å². The van der Waals surface area contributed by atoms with E-state index in [1.807, 2.05) is 4.57 Å². The van der Waals surface area contributed by atoms with Crippen molar-refractivity contribution in [3.63, 3.8) is 0 Å². The number of fused-ring (bicyclic) bond motifs is 1. The van der Waals surface area contributed by atoms with Gasteiger partial charge in [0.05, 0.1) is 31.6 Å². The van der Waals surface area contributed by atoms with Gasteiger partial charge in [-0.15, -0.1) is 19.0 Å². The van der Waals surface area contributed by atoms with Crippen molar-refractivity contribution in [2.45, 2.75) is 36.9 Å². The molecule has 1 aromatic heterocycles. The molecule has 1 unspecified atom stereocenters. The monoisotopic (exact) mass is 483 g/mol. The van der Waals surface area contributed by atoms with Gasteiger partial charge in [0, 0.05) is 31.5 Å². The Balaban J connectivity index is 1.24. The van der Waals surface area contributed by atoms with Gasteiger partial charge in [-0.2, -0.15) is 0 Å². The quantitative estimate of drug-likeness (QED) is 0.595. The molecule has 0 radical (unpaired) electrons. The Hall–Kier alpha value is -2.64. The van der Waals surface area contributed by atoms with Crippen LogP contribution in [0.2, 0.25) is 0 Å². The number of nitrogens with one attached hydrogen (secondary N) is 1. The summed E-state index contributed by atoms with van der Waals surface area (Å²) in [6.07, 6.45) is -1.63. The number of ether oxygens (including phenoxy) is 4. The second-order valence-corrected chi connectivity index (χ2v) is 8.74. The number of benzene rings is 1. The Labute approximate surface area is 192 Å². The van der Waals surface area contributed by atoms with E-state index in [0.717, 1.165) is 38.5 Å². The first-order valence-electron chi connectivity index (χ1n) is 10.7. The summed E-state index contributed by atoms with van der Waals surface area (Å²) in [7, 11) is 0. The summed E-state index contributed by atoms with van der Waals surface area (Å²) >= 11 is 1.26. The maximum absolute atomic E-state index is 13.2. The molecular formula is C20H23F2N5O5S. The van der Waals surface area contributed by atoms with E-state index in [-0.39, 0.29) is 29.3 Å². The molecule has 2 fully saturated rings. The third-order valence-electron chi connectivity index (χ3n) is 5.42. The molecule has 2 saturated heterocycles. The van der Waals surface area contributed by atoms with Crippen LogP contribution in [0.3, 0.4) is 0 Å². The van der Waals surface area contributed by atoms with Crippen molar-refractivity contribution in [3.8, 4) is 11.5 Å². The molecular weight excluding hydrogens is 460 g/mol. The molecule has 2 aromatic rings. The standard InChI is InChI=1S/C20H23F2N5O5S/c21-20(22)31-15-4-3-13(10-16(15)32-20)23-17(28)12-33-19-25-24-18(26-5-8-29-9-6-26)27(19)11-14-2-1-7-30-14/h3-4,10,14H,1-2,5-9,11-12H2,(H,23,28). The van der Waals surface area contributed by atoms with Gasteiger partial charge in [0.2, 0.25) is 11.9 Å². The topological polar surface area (TPSA) is 100.0 Å². The van der Waals surface area contributed by atoms with Crippen molar-refractivity contribution in [1.29, 1.82) is 0 Å². The third kappa shape index (κ3) is 5.14. The Morgan fingerprint density at radius 3 is 2.79 bits per heavy atom. The number of hydrogen-bond donors (Lipinski definition) is 1. The lowest BCUT2D eigenvalue weighted by molar-refractivity contribution is -0.286. The van der Waals surface area contributed by atoms with Crippen LogP contribution in [0.4, 0.5) is 20.4 Å². The van der Waals surface area contributed by atoms with Gasteiger partial charge >= 0.3 is 6.29 Å². The number of halogens is 2. The van der Waals surface area contributed by atoms with Crippen LogP contribution in [0, 0.1) is 0 Å². The Morgan fingerprint density at radius 2 is 2.00 bits per heavy atom. The SMILES string of the molecule is O=C(CSc1nnc(N2CCOCC2)n1CC1CCCO1)Nc1ccc2c(c1)OC(F)(F)O2. The van der Waals surface area contributed by atoms with E-state index >= 15 is 0 Å². The average Bonchev–Trinajstić information content (AvgIpc) is 3.51. The lowest BCUT2D eigenvalue weighted by atomic mass is 10.2. The molecule has 13 heteroatoms. The minimum Gasteiger partial charge on any atom is -0.395 e. The first-order chi connectivity index (χ1) is 16.0. The molecule has 0 bridgehead atoms. The predicted octanol–water partition coefficient (Wildman–Crippen LogP) is 2.35. The van der Waals surface area contributed by atoms with Crippen LogP contribution in [0.5, 0.6) is 11.5 Å². The van der Waals surface area contributed by atoms with Gasteiger partial charge in [0.25, 0.3) is 0 Å². The van der Waals surface area contributed by atoms with E-state index < -0.39 is 6.29 Å². The normalized spacial score (nSPS) is 21.4. The summed E-state index contributed by atoms with van der Waals surface area (Å²) in [5.41, 5.74) is 0.329. The number of alkyl halides is 2. The van der Waals surface area contributed by atoms with Crippen LogP contribution in [0.15, 0.2) is 23.4 Å². The van der Waals surface area contributed by atoms with Crippen molar-refractivity contribution < 1.29 is 32.5 Å². The fourth-order valence-corrected chi connectivity index (χ4v) is 4.63. The van der Waals surface area contributed by atoms with Crippen LogP contribution in [-0.4, -0.2) is 71.7 Å². The number of hydrogen-bond acceptors (Lipinski definition) is 9. The van der Waals surface area contributed by atoms with Gasteiger partial charge < -0.3 is 29.2 Å². The van der Waals surface area contributed by atoms with Crippen LogP contribution in [-0.2, 0) is 20.8 Å². The van der Waals surface area contributed by atoms with E-state index in [1.165, 1.54) is 30.0 Å². The number of nitrogens with zero attached hydrogens (tertiary/aromatic N) is 4. The molecule has 1 aromatic carbocycles. The summed E-state index contributed by atoms with van der Waals surface area (Å²) in [6, 6.07) is 4.10. The van der Waals surface area contributed by atoms with E-state index in [4.69, 9.17) is 9.47 Å². The zero-order valence-corrected chi connectivity index (χ0v) is 18.5. The predicted molar refractivity (Wildman–Crippen MR) is 114 cm³/mol. The minimum absolute atomic E-state index is 0.0668. The summed E-state index contributed by atoms with van der Waals surface area (Å²) in [5, 5.41) is 12.0. The zero-order chi connectivity index (χ0) is 22.8. The number of carbonyl (C=O) groups excluding carboxylic acids is 1. The molecule has 33 heavy (non-hydrogen) atoms. The third-order valence-corrected chi connectivity index (χ3v) is 6.39. The van der Waals surface area contributed by atoms with Crippen LogP contribution >= 0.6 is 11.8 Å². The van der Waals surface area contributed by atoms with Crippen LogP contribution in [0.1, 0.15) is 12.8 Å². The van der Waals surface area contributed by atoms with Crippen molar-refractivity contribution in [1.82, 2.24) is 14.8 Å². The van der Waals surface area contributed by atoms with Crippen LogP contribution in [0.25, 0.3) is 0 Å². The number of anilines is 2. The van der Waals surface area contributed by atoms with E-state index in [0.29, 0.717) is 30.6 Å². The molecule has 5 rings (SSSR count). The second kappa shape index (κ2) is 9.31. The highest BCUT2D eigenvalue weighted by Gasteiger charge is 2.43. The van der Waals surface area contributed by atoms with Gasteiger partial charge in [0.15, 0.2) is 16.7 Å². The minimum atomic E-state index is -3.70. The number of morpholine rings is 1. The Morgan fingerprint density at radius 1 is 1.18 bits per heavy atom. The fourth-order valence-electron chi connectivity index (χ4n) is 3.89. The maximum atomic E-state index is 13.2. The second-order valence-electron chi connectivity index (χ2n) is 7.79. The highest BCUT2D eigenvalue weighted by atomic mass is 32.2. The lowest BCUT2D eigenvalue weighted by Crippen LogP contribution is -2.38. The van der Waals surface area contributed by atoms with Gasteiger partial charge in [-0.1, -0.05) is 11.8 Å². The summed E-state index contributed by atoms with van der Waals surface area (Å²) in [6.45, 7) is 4.04. The number of thioether (sulfide) groups is 1. The Kier molecular flexibility index (Phi) is 6.25. The molecule has 1 atom stereocenters. The molecule has 178 valence electrons. The number of carbonyl (C=O) groups is 1. The van der Waals surface area contributed by atoms with Crippen molar-refractivity contribution in [3.05, 3.63) is 18.2 Å². The van der Waals surface area contributed by atoms with Gasteiger partial charge in [-0.3, -0.25) is 9.36 Å². The molecule has 1 amide bonds. The van der Waals surface area contributed by atoms with Crippen molar-refractivity contribution in [2.24, 2.45) is 0 Å². The average molecular weight is 483 g/mol. The van der Waals surface area contributed by atoms with Crippen LogP contribution < -0.4 is 19.7 Å². The highest BCUT2D eigenvalue weighted by molar-refractivity contribution is 7.99. The molecule has 1 N–H and O–H groups in total. The van der Waals surface area contributed by atoms with E-state index in [1.54, 1.807) is 0 Å². The summed E-state index contributed by atoms with van der Waals surface area (Å²) in [4.78, 5) is 14.6. The first-order valence-corrected chi connectivity index (χ1v) is 11.7. The zero-order valence-electron chi connectivity index (χ0n) is 17.7. The smallest absolute Gasteiger partial charge is 0.395 e. The van der Waals surface area contributed by atoms with E-state index in [9.17, 15) is 13.6 Å².